The third kappa shape index (κ3) is 7.25. The fraction of sp³-hybridized carbons (Fsp3) is 0.643. The third-order valence-electron chi connectivity index (χ3n) is 3.53. The maximum absolute atomic E-state index is 12.2. The largest absolute Gasteiger partial charge is 0.390 e. The van der Waals surface area contributed by atoms with Gasteiger partial charge in [0.05, 0.1) is 6.42 Å². The van der Waals surface area contributed by atoms with Crippen LogP contribution in [0.15, 0.2) is 22.5 Å². The lowest BCUT2D eigenvalue weighted by Crippen LogP contribution is -2.52. The quantitative estimate of drug-likeness (QED) is 0.424. The fourth-order valence-corrected chi connectivity index (χ4v) is 3.14. The lowest BCUT2D eigenvalue weighted by Gasteiger charge is -2.36. The maximum atomic E-state index is 12.2. The molecule has 4 nitrogen and oxygen atoms in total. The van der Waals surface area contributed by atoms with Crippen molar-refractivity contribution in [3.63, 3.8) is 0 Å². The Kier molecular flexibility index (Phi) is 8.62. The van der Waals surface area contributed by atoms with Gasteiger partial charge in [-0.3, -0.25) is 9.89 Å². The molecule has 0 aliphatic carbocycles. The van der Waals surface area contributed by atoms with Gasteiger partial charge in [-0.05, 0) is 11.4 Å². The molecule has 0 saturated carbocycles. The summed E-state index contributed by atoms with van der Waals surface area (Å²) < 4.78 is 36.6. The van der Waals surface area contributed by atoms with E-state index >= 15 is 0 Å². The minimum Gasteiger partial charge on any atom is -0.356 e. The lowest BCUT2D eigenvalue weighted by atomic mass is 10.3. The van der Waals surface area contributed by atoms with Gasteiger partial charge >= 0.3 is 6.18 Å². The first-order valence-electron chi connectivity index (χ1n) is 7.25. The summed E-state index contributed by atoms with van der Waals surface area (Å²) in [5.41, 5.74) is 0. The molecule has 132 valence electrons. The zero-order valence-electron chi connectivity index (χ0n) is 13.0. The summed E-state index contributed by atoms with van der Waals surface area (Å²) in [7, 11) is 1.61. The highest BCUT2D eigenvalue weighted by molar-refractivity contribution is 14.0. The summed E-state index contributed by atoms with van der Waals surface area (Å²) >= 11 is 1.74. The second kappa shape index (κ2) is 9.67. The van der Waals surface area contributed by atoms with Gasteiger partial charge in [0.25, 0.3) is 0 Å². The number of nitrogens with one attached hydrogen (secondary N) is 1. The van der Waals surface area contributed by atoms with Crippen molar-refractivity contribution in [3.8, 4) is 0 Å². The van der Waals surface area contributed by atoms with Crippen LogP contribution >= 0.6 is 35.3 Å². The lowest BCUT2D eigenvalue weighted by molar-refractivity contribution is -0.132. The van der Waals surface area contributed by atoms with Crippen LogP contribution in [-0.4, -0.2) is 61.7 Å². The van der Waals surface area contributed by atoms with Crippen molar-refractivity contribution in [2.24, 2.45) is 4.99 Å². The van der Waals surface area contributed by atoms with E-state index in [1.807, 2.05) is 11.0 Å². The Morgan fingerprint density at radius 1 is 1.30 bits per heavy atom. The monoisotopic (exact) mass is 462 g/mol. The van der Waals surface area contributed by atoms with Crippen LogP contribution in [0.1, 0.15) is 11.3 Å². The molecule has 23 heavy (non-hydrogen) atoms. The molecule has 1 aromatic heterocycles. The second-order valence-electron chi connectivity index (χ2n) is 5.18. The van der Waals surface area contributed by atoms with Gasteiger partial charge in [0.15, 0.2) is 5.96 Å². The molecule has 1 aliphatic heterocycles. The topological polar surface area (TPSA) is 30.9 Å². The molecule has 1 aliphatic rings. The van der Waals surface area contributed by atoms with Gasteiger partial charge in [0, 0.05) is 51.2 Å². The van der Waals surface area contributed by atoms with Crippen molar-refractivity contribution in [1.29, 1.82) is 0 Å². The van der Waals surface area contributed by atoms with E-state index in [-0.39, 0.29) is 30.5 Å². The molecule has 1 fully saturated rings. The molecule has 0 unspecified atom stereocenters. The number of thiophene rings is 1. The van der Waals surface area contributed by atoms with Crippen LogP contribution in [-0.2, 0) is 6.54 Å². The minimum atomic E-state index is -4.13. The zero-order valence-corrected chi connectivity index (χ0v) is 16.1. The van der Waals surface area contributed by atoms with Gasteiger partial charge in [-0.15, -0.1) is 35.3 Å². The molecule has 0 spiro atoms. The average molecular weight is 462 g/mol. The van der Waals surface area contributed by atoms with Crippen molar-refractivity contribution >= 4 is 41.3 Å². The van der Waals surface area contributed by atoms with Crippen LogP contribution < -0.4 is 5.32 Å². The molecule has 0 amide bonds. The van der Waals surface area contributed by atoms with E-state index < -0.39 is 12.6 Å². The summed E-state index contributed by atoms with van der Waals surface area (Å²) in [5.74, 6) is 0.556. The van der Waals surface area contributed by atoms with Crippen molar-refractivity contribution < 1.29 is 13.2 Å². The van der Waals surface area contributed by atoms with Gasteiger partial charge in [-0.2, -0.15) is 13.2 Å². The van der Waals surface area contributed by atoms with Crippen LogP contribution in [0.3, 0.4) is 0 Å². The second-order valence-corrected chi connectivity index (χ2v) is 6.21. The fourth-order valence-electron chi connectivity index (χ4n) is 2.39. The van der Waals surface area contributed by atoms with E-state index in [9.17, 15) is 13.2 Å². The number of hydrogen-bond acceptors (Lipinski definition) is 3. The number of hydrogen-bond donors (Lipinski definition) is 1. The first-order valence-corrected chi connectivity index (χ1v) is 8.13. The van der Waals surface area contributed by atoms with Crippen molar-refractivity contribution in [2.45, 2.75) is 19.1 Å². The van der Waals surface area contributed by atoms with Gasteiger partial charge in [-0.25, -0.2) is 0 Å². The highest BCUT2D eigenvalue weighted by Gasteiger charge is 2.27. The Labute approximate surface area is 155 Å². The normalized spacial score (nSPS) is 17.0. The Hall–Kier alpha value is -0.550. The van der Waals surface area contributed by atoms with Crippen molar-refractivity contribution in [1.82, 2.24) is 15.1 Å². The zero-order chi connectivity index (χ0) is 16.0. The predicted molar refractivity (Wildman–Crippen MR) is 98.6 cm³/mol. The number of halogens is 4. The SMILES string of the molecule is CN=C(NCCC(F)(F)F)N1CCN(Cc2cccs2)CC1.I. The van der Waals surface area contributed by atoms with Gasteiger partial charge in [-0.1, -0.05) is 6.07 Å². The van der Waals surface area contributed by atoms with Crippen molar-refractivity contribution in [2.75, 3.05) is 39.8 Å². The third-order valence-corrected chi connectivity index (χ3v) is 4.40. The summed E-state index contributed by atoms with van der Waals surface area (Å²) in [6, 6.07) is 4.16. The standard InChI is InChI=1S/C14H21F3N4S.HI/c1-18-13(19-5-4-14(15,16)17)21-8-6-20(7-9-21)11-12-3-2-10-22-12;/h2-3,10H,4-9,11H2,1H3,(H,18,19);1H. The smallest absolute Gasteiger partial charge is 0.356 e. The number of piperazine rings is 1. The molecule has 9 heteroatoms. The van der Waals surface area contributed by atoms with Crippen LogP contribution in [0, 0.1) is 0 Å². The molecular weight excluding hydrogens is 440 g/mol. The average Bonchev–Trinajstić information content (AvgIpc) is 2.97. The van der Waals surface area contributed by atoms with E-state index in [0.29, 0.717) is 5.96 Å². The van der Waals surface area contributed by atoms with Crippen LogP contribution in [0.5, 0.6) is 0 Å². The Morgan fingerprint density at radius 2 is 2.00 bits per heavy atom. The molecule has 0 aromatic carbocycles. The van der Waals surface area contributed by atoms with Gasteiger partial charge < -0.3 is 10.2 Å². The molecule has 0 atom stereocenters. The molecular formula is C14H22F3IN4S. The summed E-state index contributed by atoms with van der Waals surface area (Å²) in [6.07, 6.45) is -4.98. The van der Waals surface area contributed by atoms with Crippen LogP contribution in [0.4, 0.5) is 13.2 Å². The number of alkyl halides is 3. The highest BCUT2D eigenvalue weighted by Crippen LogP contribution is 2.18. The molecule has 0 radical (unpaired) electrons. The van der Waals surface area contributed by atoms with E-state index in [0.717, 1.165) is 32.7 Å². The number of rotatable bonds is 4. The molecule has 2 rings (SSSR count). The Bertz CT molecular complexity index is 471. The molecule has 2 heterocycles. The summed E-state index contributed by atoms with van der Waals surface area (Å²) in [5, 5.41) is 4.86. The highest BCUT2D eigenvalue weighted by atomic mass is 127. The molecule has 1 saturated heterocycles. The molecule has 1 N–H and O–H groups in total. The van der Waals surface area contributed by atoms with Crippen LogP contribution in [0.2, 0.25) is 0 Å². The Morgan fingerprint density at radius 3 is 2.52 bits per heavy atom. The van der Waals surface area contributed by atoms with Gasteiger partial charge in [0.2, 0.25) is 0 Å². The van der Waals surface area contributed by atoms with E-state index in [1.165, 1.54) is 4.88 Å². The van der Waals surface area contributed by atoms with E-state index in [1.54, 1.807) is 18.4 Å². The predicted octanol–water partition coefficient (Wildman–Crippen LogP) is 3.01. The number of guanidine groups is 1. The maximum Gasteiger partial charge on any atom is 0.390 e. The van der Waals surface area contributed by atoms with Crippen molar-refractivity contribution in [3.05, 3.63) is 22.4 Å². The number of aliphatic imine (C=N–C) groups is 1. The first kappa shape index (κ1) is 20.5. The van der Waals surface area contributed by atoms with E-state index in [2.05, 4.69) is 26.7 Å². The number of nitrogens with zero attached hydrogens (tertiary/aromatic N) is 3. The van der Waals surface area contributed by atoms with E-state index in [4.69, 9.17) is 0 Å². The molecule has 0 bridgehead atoms. The molecule has 1 aromatic rings. The Balaban J connectivity index is 0.00000264. The van der Waals surface area contributed by atoms with Gasteiger partial charge in [0.1, 0.15) is 0 Å². The first-order chi connectivity index (χ1) is 10.5. The van der Waals surface area contributed by atoms with Crippen LogP contribution in [0.25, 0.3) is 0 Å². The minimum absolute atomic E-state index is 0. The summed E-state index contributed by atoms with van der Waals surface area (Å²) in [6.45, 7) is 4.13. The summed E-state index contributed by atoms with van der Waals surface area (Å²) in [4.78, 5) is 9.78.